The number of piperazine rings is 1. The molecule has 5 heteroatoms. The van der Waals surface area contributed by atoms with Gasteiger partial charge in [0, 0.05) is 26.2 Å². The monoisotopic (exact) mass is 296 g/mol. The first-order chi connectivity index (χ1) is 10.9. The summed E-state index contributed by atoms with van der Waals surface area (Å²) < 4.78 is 6.12. The topological polar surface area (TPSA) is 50.3 Å². The van der Waals surface area contributed by atoms with Crippen LogP contribution in [0, 0.1) is 0 Å². The summed E-state index contributed by atoms with van der Waals surface area (Å²) in [5.41, 5.74) is 2.68. The van der Waals surface area contributed by atoms with Gasteiger partial charge in [-0.3, -0.25) is 4.98 Å². The SMILES string of the molecule is c1ccc2c(c1)CCC2Oc1cncc(N2CCNCC2)n1. The molecule has 2 heterocycles. The normalized spacial score (nSPS) is 20.7. The van der Waals surface area contributed by atoms with Crippen LogP contribution in [0.5, 0.6) is 5.88 Å². The van der Waals surface area contributed by atoms with Crippen LogP contribution in [0.25, 0.3) is 0 Å². The van der Waals surface area contributed by atoms with Gasteiger partial charge >= 0.3 is 0 Å². The van der Waals surface area contributed by atoms with Crippen molar-refractivity contribution in [2.24, 2.45) is 0 Å². The summed E-state index contributed by atoms with van der Waals surface area (Å²) in [4.78, 5) is 11.2. The van der Waals surface area contributed by atoms with E-state index in [1.165, 1.54) is 11.1 Å². The number of fused-ring (bicyclic) bond motifs is 1. The second-order valence-electron chi connectivity index (χ2n) is 5.80. The highest BCUT2D eigenvalue weighted by Gasteiger charge is 2.24. The number of benzene rings is 1. The number of aryl methyl sites for hydroxylation is 1. The van der Waals surface area contributed by atoms with Gasteiger partial charge in [0.05, 0.1) is 12.4 Å². The van der Waals surface area contributed by atoms with Crippen molar-refractivity contribution in [2.75, 3.05) is 31.1 Å². The fraction of sp³-hybridized carbons (Fsp3) is 0.412. The summed E-state index contributed by atoms with van der Waals surface area (Å²) in [6, 6.07) is 8.50. The lowest BCUT2D eigenvalue weighted by atomic mass is 10.1. The zero-order chi connectivity index (χ0) is 14.8. The number of ether oxygens (including phenoxy) is 1. The molecular formula is C17H20N4O. The molecule has 1 N–H and O–H groups in total. The Bertz CT molecular complexity index is 655. The highest BCUT2D eigenvalue weighted by atomic mass is 16.5. The lowest BCUT2D eigenvalue weighted by Crippen LogP contribution is -2.43. The molecule has 0 bridgehead atoms. The quantitative estimate of drug-likeness (QED) is 0.938. The van der Waals surface area contributed by atoms with Crippen molar-refractivity contribution in [3.8, 4) is 5.88 Å². The van der Waals surface area contributed by atoms with Crippen molar-refractivity contribution < 1.29 is 4.74 Å². The molecule has 1 aromatic heterocycles. The molecule has 1 unspecified atom stereocenters. The van der Waals surface area contributed by atoms with E-state index in [0.29, 0.717) is 5.88 Å². The van der Waals surface area contributed by atoms with Crippen molar-refractivity contribution in [1.29, 1.82) is 0 Å². The molecule has 1 aliphatic carbocycles. The first-order valence-electron chi connectivity index (χ1n) is 7.92. The first-order valence-corrected chi connectivity index (χ1v) is 7.92. The van der Waals surface area contributed by atoms with E-state index in [2.05, 4.69) is 44.5 Å². The minimum Gasteiger partial charge on any atom is -0.468 e. The van der Waals surface area contributed by atoms with Gasteiger partial charge in [-0.1, -0.05) is 24.3 Å². The van der Waals surface area contributed by atoms with Crippen LogP contribution >= 0.6 is 0 Å². The predicted molar refractivity (Wildman–Crippen MR) is 85.2 cm³/mol. The fourth-order valence-corrected chi connectivity index (χ4v) is 3.23. The second-order valence-corrected chi connectivity index (χ2v) is 5.80. The average Bonchev–Trinajstić information content (AvgIpc) is 2.99. The molecule has 0 saturated carbocycles. The van der Waals surface area contributed by atoms with Crippen LogP contribution in [0.4, 0.5) is 5.82 Å². The third-order valence-corrected chi connectivity index (χ3v) is 4.38. The number of rotatable bonds is 3. The summed E-state index contributed by atoms with van der Waals surface area (Å²) in [6.07, 6.45) is 5.72. The van der Waals surface area contributed by atoms with Gasteiger partial charge in [0.25, 0.3) is 0 Å². The summed E-state index contributed by atoms with van der Waals surface area (Å²) >= 11 is 0. The van der Waals surface area contributed by atoms with Crippen molar-refractivity contribution in [1.82, 2.24) is 15.3 Å². The molecule has 2 aliphatic rings. The zero-order valence-corrected chi connectivity index (χ0v) is 12.5. The second kappa shape index (κ2) is 5.93. The fourth-order valence-electron chi connectivity index (χ4n) is 3.23. The summed E-state index contributed by atoms with van der Waals surface area (Å²) in [5, 5.41) is 3.35. The molecule has 2 aromatic rings. The maximum atomic E-state index is 6.12. The van der Waals surface area contributed by atoms with Gasteiger partial charge in [-0.15, -0.1) is 0 Å². The number of aromatic nitrogens is 2. The smallest absolute Gasteiger partial charge is 0.234 e. The van der Waals surface area contributed by atoms with Crippen molar-refractivity contribution in [3.05, 3.63) is 47.8 Å². The third-order valence-electron chi connectivity index (χ3n) is 4.38. The zero-order valence-electron chi connectivity index (χ0n) is 12.5. The van der Waals surface area contributed by atoms with Gasteiger partial charge in [0.2, 0.25) is 5.88 Å². The molecule has 4 rings (SSSR count). The van der Waals surface area contributed by atoms with Gasteiger partial charge in [-0.2, -0.15) is 4.98 Å². The molecule has 114 valence electrons. The lowest BCUT2D eigenvalue weighted by Gasteiger charge is -2.28. The molecule has 0 radical (unpaired) electrons. The molecule has 0 spiro atoms. The van der Waals surface area contributed by atoms with Crippen LogP contribution in [0.3, 0.4) is 0 Å². The van der Waals surface area contributed by atoms with Gasteiger partial charge in [-0.25, -0.2) is 0 Å². The number of nitrogens with one attached hydrogen (secondary N) is 1. The minimum atomic E-state index is 0.101. The van der Waals surface area contributed by atoms with Crippen molar-refractivity contribution in [2.45, 2.75) is 18.9 Å². The molecule has 22 heavy (non-hydrogen) atoms. The van der Waals surface area contributed by atoms with Gasteiger partial charge < -0.3 is 15.0 Å². The van der Waals surface area contributed by atoms with Crippen molar-refractivity contribution in [3.63, 3.8) is 0 Å². The highest BCUT2D eigenvalue weighted by Crippen LogP contribution is 2.34. The Morgan fingerprint density at radius 3 is 2.91 bits per heavy atom. The molecule has 1 saturated heterocycles. The van der Waals surface area contributed by atoms with Crippen LogP contribution in [-0.2, 0) is 6.42 Å². The average molecular weight is 296 g/mol. The summed E-state index contributed by atoms with van der Waals surface area (Å²) in [5.74, 6) is 1.53. The van der Waals surface area contributed by atoms with E-state index in [9.17, 15) is 0 Å². The Morgan fingerprint density at radius 1 is 1.14 bits per heavy atom. The Hall–Kier alpha value is -2.14. The third kappa shape index (κ3) is 2.64. The van der Waals surface area contributed by atoms with Gasteiger partial charge in [0.15, 0.2) is 5.82 Å². The van der Waals surface area contributed by atoms with E-state index in [4.69, 9.17) is 4.74 Å². The van der Waals surface area contributed by atoms with Crippen LogP contribution in [0.15, 0.2) is 36.7 Å². The van der Waals surface area contributed by atoms with E-state index in [1.54, 1.807) is 6.20 Å². The predicted octanol–water partition coefficient (Wildman–Crippen LogP) is 1.95. The Labute approximate surface area is 130 Å². The Morgan fingerprint density at radius 2 is 2.00 bits per heavy atom. The van der Waals surface area contributed by atoms with E-state index in [-0.39, 0.29) is 6.10 Å². The number of hydrogen-bond acceptors (Lipinski definition) is 5. The van der Waals surface area contributed by atoms with Gasteiger partial charge in [-0.05, 0) is 24.0 Å². The molecule has 1 atom stereocenters. The molecular weight excluding hydrogens is 276 g/mol. The molecule has 1 aromatic carbocycles. The van der Waals surface area contributed by atoms with Crippen molar-refractivity contribution >= 4 is 5.82 Å². The van der Waals surface area contributed by atoms with E-state index in [1.807, 2.05) is 6.20 Å². The van der Waals surface area contributed by atoms with Crippen LogP contribution in [0.2, 0.25) is 0 Å². The maximum absolute atomic E-state index is 6.12. The van der Waals surface area contributed by atoms with Crippen LogP contribution in [0.1, 0.15) is 23.7 Å². The number of hydrogen-bond donors (Lipinski definition) is 1. The summed E-state index contributed by atoms with van der Waals surface area (Å²) in [7, 11) is 0. The van der Waals surface area contributed by atoms with E-state index >= 15 is 0 Å². The van der Waals surface area contributed by atoms with Crippen LogP contribution in [-0.4, -0.2) is 36.1 Å². The molecule has 1 aliphatic heterocycles. The number of nitrogens with zero attached hydrogens (tertiary/aromatic N) is 3. The van der Waals surface area contributed by atoms with Gasteiger partial charge in [0.1, 0.15) is 6.10 Å². The summed E-state index contributed by atoms with van der Waals surface area (Å²) in [6.45, 7) is 3.90. The largest absolute Gasteiger partial charge is 0.468 e. The Balaban J connectivity index is 1.52. The van der Waals surface area contributed by atoms with Crippen LogP contribution < -0.4 is 15.0 Å². The molecule has 0 amide bonds. The minimum absolute atomic E-state index is 0.101. The number of anilines is 1. The van der Waals surface area contributed by atoms with E-state index in [0.717, 1.165) is 44.8 Å². The van der Waals surface area contributed by atoms with E-state index < -0.39 is 0 Å². The standard InChI is InChI=1S/C17H20N4O/c1-2-4-14-13(3-1)5-6-15(14)22-17-12-19-11-16(20-17)21-9-7-18-8-10-21/h1-4,11-12,15,18H,5-10H2. The maximum Gasteiger partial charge on any atom is 0.234 e. The Kier molecular flexibility index (Phi) is 3.64. The molecule has 5 nitrogen and oxygen atoms in total. The lowest BCUT2D eigenvalue weighted by molar-refractivity contribution is 0.198. The first kappa shape index (κ1) is 13.5. The molecule has 1 fully saturated rings. The highest BCUT2D eigenvalue weighted by molar-refractivity contribution is 5.39.